The van der Waals surface area contributed by atoms with E-state index in [-0.39, 0.29) is 77.6 Å². The van der Waals surface area contributed by atoms with E-state index in [1.54, 1.807) is 14.0 Å². The van der Waals surface area contributed by atoms with E-state index in [9.17, 15) is 55.2 Å². The summed E-state index contributed by atoms with van der Waals surface area (Å²) in [7, 11) is 5.72. The Morgan fingerprint density at radius 1 is 0.729 bits per heavy atom. The van der Waals surface area contributed by atoms with Crippen LogP contribution in [-0.4, -0.2) is 198 Å². The highest BCUT2D eigenvalue weighted by molar-refractivity contribution is 5.73. The summed E-state index contributed by atoms with van der Waals surface area (Å²) in [6.45, 7) is 22.7. The third-order valence-electron chi connectivity index (χ3n) is 23.4. The number of hydrogen-bond donors (Lipinski definition) is 8. The lowest BCUT2D eigenvalue weighted by atomic mass is 9.33. The number of hydrogen-bond acceptors (Lipinski definition) is 20. The molecule has 23 unspecified atom stereocenters. The van der Waals surface area contributed by atoms with Crippen LogP contribution in [0.3, 0.4) is 0 Å². The highest BCUT2D eigenvalue weighted by atomic mass is 16.8. The zero-order valence-corrected chi connectivity index (χ0v) is 53.4. The van der Waals surface area contributed by atoms with E-state index in [2.05, 4.69) is 40.7 Å². The van der Waals surface area contributed by atoms with Gasteiger partial charge in [0.1, 0.15) is 49.0 Å². The van der Waals surface area contributed by atoms with Gasteiger partial charge in [0.05, 0.1) is 53.9 Å². The molecule has 0 aromatic rings. The van der Waals surface area contributed by atoms with Crippen LogP contribution >= 0.6 is 0 Å². The molecular weight excluding hydrogens is 1100 g/mol. The molecule has 6 fully saturated rings. The third-order valence-corrected chi connectivity index (χ3v) is 23.4. The lowest BCUT2D eigenvalue weighted by molar-refractivity contribution is -0.372. The highest BCUT2D eigenvalue weighted by Gasteiger charge is 2.72. The second-order valence-electron chi connectivity index (χ2n) is 28.6. The molecule has 0 bridgehead atoms. The summed E-state index contributed by atoms with van der Waals surface area (Å²) in [5.74, 6) is -2.43. The molecule has 0 aromatic heterocycles. The van der Waals surface area contributed by atoms with Crippen molar-refractivity contribution in [2.45, 2.75) is 283 Å². The van der Waals surface area contributed by atoms with E-state index < -0.39 is 133 Å². The fourth-order valence-corrected chi connectivity index (χ4v) is 17.6. The Hall–Kier alpha value is -2.29. The van der Waals surface area contributed by atoms with Crippen LogP contribution in [0.25, 0.3) is 0 Å². The number of rotatable bonds is 26. The minimum atomic E-state index is -1.64. The van der Waals surface area contributed by atoms with Crippen LogP contribution in [0.2, 0.25) is 0 Å². The van der Waals surface area contributed by atoms with Gasteiger partial charge in [-0.2, -0.15) is 0 Å². The van der Waals surface area contributed by atoms with Crippen molar-refractivity contribution in [3.63, 3.8) is 0 Å². The van der Waals surface area contributed by atoms with Gasteiger partial charge in [-0.1, -0.05) is 93.7 Å². The number of esters is 1. The number of aldehydes is 1. The van der Waals surface area contributed by atoms with Crippen molar-refractivity contribution in [2.24, 2.45) is 62.1 Å². The maximum Gasteiger partial charge on any atom is 0.335 e. The van der Waals surface area contributed by atoms with Gasteiger partial charge < -0.3 is 93.0 Å². The van der Waals surface area contributed by atoms with E-state index in [0.717, 1.165) is 19.1 Å². The maximum atomic E-state index is 13.7. The normalized spacial score (nSPS) is 43.6. The number of carbonyl (C=O) groups excluding carboxylic acids is 2. The van der Waals surface area contributed by atoms with Crippen molar-refractivity contribution in [1.29, 1.82) is 0 Å². The number of aliphatic hydroxyl groups excluding tert-OH is 7. The van der Waals surface area contributed by atoms with Crippen molar-refractivity contribution >= 4 is 18.2 Å². The first kappa shape index (κ1) is 70.2. The molecule has 7 aliphatic rings. The van der Waals surface area contributed by atoms with E-state index >= 15 is 0 Å². The van der Waals surface area contributed by atoms with Gasteiger partial charge in [0.25, 0.3) is 0 Å². The molecule has 0 amide bonds. The first-order chi connectivity index (χ1) is 39.8. The standard InChI is InChI=1S/C64H108O21/c1-16-33(3)40(76-12)26-36(66)28-46(69)81-41(34(4)17-2)27-37(67)29-47(70)83-51-48(71)35(5)80-56(54(51)79-15)85-58(75)64-25-24-59(6,7)30-39(64)38-18-19-43-60(8)22-21-45(82-57-53(78-14)50(77-13)49(72)52(84-57)55(73)74)61(9,32-65)42(60)20-23-62(43,10)63(38,11)31-44(64)68/h18,32-37,39-45,47-54,56-58,66-68,70-72,75H,16-17,19-31H2,1-15H3,(H,73,74)/t33?,34?,35?,36?,37?,39-,40?,41?,42-,43-,44?,45?,47?,48?,49?,50?,51?,52?,53?,54?,56?,57?,58?,60?,61+,62?,63?,64-/m1/s1. The van der Waals surface area contributed by atoms with Crippen molar-refractivity contribution in [1.82, 2.24) is 0 Å². The molecule has 4 saturated carbocycles. The molecule has 5 aliphatic carbocycles. The SMILES string of the molecule is CCC(C)C(CC(O)CC(=O)OC(CC(O)CC(O)OC1C(O)C(C)OC(OC(O)[C@]23CCC(C)(C)C[C@@H]2C2=CC[C@@H]4C5(C)CCC(OC6OC(C(=O)O)C(O)C(OC)C6OC)[C@@](C)(C=O)[C@@H]5CCC4(C)C2(C)CC3O)C1OC)C(C)CC)OC. The van der Waals surface area contributed by atoms with Gasteiger partial charge in [0, 0.05) is 47.7 Å². The molecule has 0 aromatic carbocycles. The Bertz CT molecular complexity index is 2270. The van der Waals surface area contributed by atoms with E-state index in [0.29, 0.717) is 57.8 Å². The first-order valence-electron chi connectivity index (χ1n) is 31.6. The van der Waals surface area contributed by atoms with Gasteiger partial charge in [-0.15, -0.1) is 0 Å². The summed E-state index contributed by atoms with van der Waals surface area (Å²) in [5.41, 5.74) is -2.57. The monoisotopic (exact) mass is 1210 g/mol. The molecule has 7 rings (SSSR count). The number of carbonyl (C=O) groups is 3. The molecular formula is C64H108O21. The summed E-state index contributed by atoms with van der Waals surface area (Å²) in [5, 5.41) is 92.0. The zero-order valence-electron chi connectivity index (χ0n) is 53.4. The fraction of sp³-hybridized carbons (Fsp3) is 0.922. The molecule has 490 valence electrons. The lowest BCUT2D eigenvalue weighted by Crippen LogP contribution is -2.69. The summed E-state index contributed by atoms with van der Waals surface area (Å²) in [6.07, 6.45) is -11.0. The summed E-state index contributed by atoms with van der Waals surface area (Å²) >= 11 is 0. The largest absolute Gasteiger partial charge is 0.479 e. The number of aliphatic hydroxyl groups is 7. The van der Waals surface area contributed by atoms with Crippen molar-refractivity contribution in [2.75, 3.05) is 28.4 Å². The Morgan fingerprint density at radius 2 is 1.35 bits per heavy atom. The molecule has 2 saturated heterocycles. The highest BCUT2D eigenvalue weighted by Crippen LogP contribution is 2.76. The number of carboxylic acids is 1. The van der Waals surface area contributed by atoms with Gasteiger partial charge >= 0.3 is 11.9 Å². The van der Waals surface area contributed by atoms with E-state index in [4.69, 9.17) is 47.4 Å². The molecule has 8 N–H and O–H groups in total. The molecule has 85 heavy (non-hydrogen) atoms. The predicted molar refractivity (Wildman–Crippen MR) is 309 cm³/mol. The van der Waals surface area contributed by atoms with Gasteiger partial charge in [-0.25, -0.2) is 4.79 Å². The van der Waals surface area contributed by atoms with Crippen LogP contribution < -0.4 is 0 Å². The van der Waals surface area contributed by atoms with Crippen LogP contribution in [0.4, 0.5) is 0 Å². The topological polar surface area (TPSA) is 305 Å². The molecule has 2 heterocycles. The van der Waals surface area contributed by atoms with Crippen LogP contribution in [0.15, 0.2) is 11.6 Å². The Morgan fingerprint density at radius 3 is 1.95 bits per heavy atom. The predicted octanol–water partition coefficient (Wildman–Crippen LogP) is 5.98. The summed E-state index contributed by atoms with van der Waals surface area (Å²) < 4.78 is 60.2. The van der Waals surface area contributed by atoms with Gasteiger partial charge in [-0.05, 0) is 116 Å². The third kappa shape index (κ3) is 13.3. The smallest absolute Gasteiger partial charge is 0.335 e. The number of fused-ring (bicyclic) bond motifs is 7. The number of methoxy groups -OCH3 is 4. The number of ether oxygens (including phenoxy) is 10. The quantitative estimate of drug-likeness (QED) is 0.0162. The number of carboxylic acid groups (broad SMARTS) is 1. The molecule has 0 radical (unpaired) electrons. The van der Waals surface area contributed by atoms with Crippen LogP contribution in [-0.2, 0) is 61.8 Å². The zero-order chi connectivity index (χ0) is 63.1. The van der Waals surface area contributed by atoms with Crippen molar-refractivity contribution in [3.05, 3.63) is 11.6 Å². The Kier molecular flexibility index (Phi) is 22.8. The minimum Gasteiger partial charge on any atom is -0.479 e. The minimum absolute atomic E-state index is 0.0360. The van der Waals surface area contributed by atoms with E-state index in [1.807, 2.05) is 34.6 Å². The fourth-order valence-electron chi connectivity index (χ4n) is 17.6. The molecule has 28 atom stereocenters. The second-order valence-corrected chi connectivity index (χ2v) is 28.6. The summed E-state index contributed by atoms with van der Waals surface area (Å²) in [4.78, 5) is 39.1. The Labute approximate surface area is 504 Å². The average Bonchev–Trinajstić information content (AvgIpc) is 0.846. The molecule has 21 heteroatoms. The lowest BCUT2D eigenvalue weighted by Gasteiger charge is -2.72. The first-order valence-corrected chi connectivity index (χ1v) is 31.6. The van der Waals surface area contributed by atoms with Crippen molar-refractivity contribution in [3.8, 4) is 0 Å². The van der Waals surface area contributed by atoms with Crippen LogP contribution in [0.1, 0.15) is 172 Å². The Balaban J connectivity index is 1.07. The van der Waals surface area contributed by atoms with Crippen molar-refractivity contribution < 1.29 is 103 Å². The van der Waals surface area contributed by atoms with Gasteiger partial charge in [0.2, 0.25) is 0 Å². The number of allylic oxidation sites excluding steroid dienone is 2. The summed E-state index contributed by atoms with van der Waals surface area (Å²) in [6, 6.07) is 0. The van der Waals surface area contributed by atoms with Crippen LogP contribution in [0, 0.1) is 62.1 Å². The van der Waals surface area contributed by atoms with Gasteiger partial charge in [-0.3, -0.25) is 4.79 Å². The second kappa shape index (κ2) is 27.7. The van der Waals surface area contributed by atoms with Crippen LogP contribution in [0.5, 0.6) is 0 Å². The average molecular weight is 1210 g/mol. The van der Waals surface area contributed by atoms with Gasteiger partial charge in [0.15, 0.2) is 31.3 Å². The number of aliphatic carboxylic acids is 1. The molecule has 2 aliphatic heterocycles. The molecule has 0 spiro atoms. The molecule has 21 nitrogen and oxygen atoms in total. The maximum absolute atomic E-state index is 13.7. The van der Waals surface area contributed by atoms with E-state index in [1.165, 1.54) is 26.9 Å².